The summed E-state index contributed by atoms with van der Waals surface area (Å²) in [6.07, 6.45) is 5.27. The number of hydrogen-bond acceptors (Lipinski definition) is 10. The number of anilines is 1. The predicted octanol–water partition coefficient (Wildman–Crippen LogP) is 5.29. The molecule has 47 heavy (non-hydrogen) atoms. The summed E-state index contributed by atoms with van der Waals surface area (Å²) in [6.45, 7) is 2.33. The molecule has 0 saturated carbocycles. The lowest BCUT2D eigenvalue weighted by Gasteiger charge is -2.41. The Morgan fingerprint density at radius 2 is 1.85 bits per heavy atom. The van der Waals surface area contributed by atoms with Crippen molar-refractivity contribution in [1.29, 1.82) is 0 Å². The molecule has 2 unspecified atom stereocenters. The van der Waals surface area contributed by atoms with Crippen molar-refractivity contribution in [3.63, 3.8) is 0 Å². The quantitative estimate of drug-likeness (QED) is 0.186. The Morgan fingerprint density at radius 3 is 2.55 bits per heavy atom. The van der Waals surface area contributed by atoms with Crippen LogP contribution in [0, 0.1) is 0 Å². The first-order valence-corrected chi connectivity index (χ1v) is 17.2. The van der Waals surface area contributed by atoms with Crippen LogP contribution in [0.2, 0.25) is 5.02 Å². The van der Waals surface area contributed by atoms with Gasteiger partial charge in [-0.1, -0.05) is 23.7 Å². The number of methoxy groups -OCH3 is 3. The van der Waals surface area contributed by atoms with Gasteiger partial charge in [-0.3, -0.25) is 9.69 Å². The van der Waals surface area contributed by atoms with Crippen LogP contribution in [0.25, 0.3) is 0 Å². The van der Waals surface area contributed by atoms with Crippen LogP contribution in [0.15, 0.2) is 82.4 Å². The number of fused-ring (bicyclic) bond motifs is 1. The third-order valence-corrected chi connectivity index (χ3v) is 10.7. The highest BCUT2D eigenvalue weighted by Gasteiger charge is 2.62. The summed E-state index contributed by atoms with van der Waals surface area (Å²) in [6, 6.07) is 16.1. The number of amides is 1. The lowest BCUT2D eigenvalue weighted by atomic mass is 9.80. The molecule has 0 bridgehead atoms. The summed E-state index contributed by atoms with van der Waals surface area (Å²) in [7, 11) is 0.268. The van der Waals surface area contributed by atoms with Crippen molar-refractivity contribution in [2.24, 2.45) is 0 Å². The number of ether oxygens (including phenoxy) is 3. The number of benzene rings is 3. The smallest absolute Gasteiger partial charge is 0.271 e. The molecule has 2 aliphatic rings. The fraction of sp³-hybridized carbons (Fsp3) is 0.353. The monoisotopic (exact) mass is 680 g/mol. The second-order valence-corrected chi connectivity index (χ2v) is 13.6. The van der Waals surface area contributed by atoms with Crippen LogP contribution < -0.4 is 19.1 Å². The Balaban J connectivity index is 1.58. The van der Waals surface area contributed by atoms with Crippen LogP contribution in [0.4, 0.5) is 5.69 Å². The van der Waals surface area contributed by atoms with Gasteiger partial charge in [0.05, 0.1) is 37.0 Å². The number of carbonyl (C=O) groups is 1. The van der Waals surface area contributed by atoms with Gasteiger partial charge in [0.25, 0.3) is 15.9 Å². The molecule has 1 aromatic heterocycles. The molecule has 1 fully saturated rings. The number of sulfonamides is 1. The molecule has 3 heterocycles. The van der Waals surface area contributed by atoms with Crippen LogP contribution in [-0.2, 0) is 31.6 Å². The molecule has 0 aliphatic carbocycles. The summed E-state index contributed by atoms with van der Waals surface area (Å²) in [4.78, 5) is 21.9. The van der Waals surface area contributed by atoms with Gasteiger partial charge in [0.15, 0.2) is 5.54 Å². The van der Waals surface area contributed by atoms with Crippen molar-refractivity contribution in [2.45, 2.75) is 42.3 Å². The molecule has 13 heteroatoms. The van der Waals surface area contributed by atoms with Crippen molar-refractivity contribution in [3.05, 3.63) is 101 Å². The van der Waals surface area contributed by atoms with Crippen molar-refractivity contribution >= 4 is 33.2 Å². The molecule has 11 nitrogen and oxygen atoms in total. The molecular formula is C34H37ClN4O7S. The van der Waals surface area contributed by atoms with Gasteiger partial charge in [-0.15, -0.1) is 0 Å². The van der Waals surface area contributed by atoms with E-state index in [4.69, 9.17) is 30.2 Å². The second-order valence-electron chi connectivity index (χ2n) is 11.4. The summed E-state index contributed by atoms with van der Waals surface area (Å²) in [5.41, 5.74) is 0.388. The van der Waals surface area contributed by atoms with E-state index in [2.05, 4.69) is 10.3 Å². The number of rotatable bonds is 13. The zero-order chi connectivity index (χ0) is 33.2. The first-order chi connectivity index (χ1) is 22.8. The van der Waals surface area contributed by atoms with Gasteiger partial charge >= 0.3 is 0 Å². The van der Waals surface area contributed by atoms with Crippen molar-refractivity contribution in [2.75, 3.05) is 45.3 Å². The van der Waals surface area contributed by atoms with Gasteiger partial charge in [-0.2, -0.15) is 0 Å². The first-order valence-electron chi connectivity index (χ1n) is 15.3. The Morgan fingerprint density at radius 1 is 1.04 bits per heavy atom. The molecule has 248 valence electrons. The Kier molecular flexibility index (Phi) is 9.58. The van der Waals surface area contributed by atoms with Crippen LogP contribution in [0.3, 0.4) is 0 Å². The van der Waals surface area contributed by atoms with E-state index in [1.165, 1.54) is 31.6 Å². The highest BCUT2D eigenvalue weighted by Crippen LogP contribution is 2.56. The average molecular weight is 681 g/mol. The highest BCUT2D eigenvalue weighted by atomic mass is 35.5. The SMILES string of the molecule is COCCCNCc1ccc(OC)c(C2(N3CCCC3c3ncco3)C(=O)N(S(=O)(=O)c3ccc(OC)cc3)c3cc(Cl)ccc32)c1. The molecule has 6 rings (SSSR count). The van der Waals surface area contributed by atoms with Gasteiger partial charge in [-0.25, -0.2) is 17.7 Å². The van der Waals surface area contributed by atoms with Crippen molar-refractivity contribution in [3.8, 4) is 11.5 Å². The average Bonchev–Trinajstić information content (AvgIpc) is 3.83. The predicted molar refractivity (Wildman–Crippen MR) is 176 cm³/mol. The Hall–Kier alpha value is -3.94. The number of nitrogens with zero attached hydrogens (tertiary/aromatic N) is 3. The van der Waals surface area contributed by atoms with Gasteiger partial charge in [0, 0.05) is 43.0 Å². The number of nitrogens with one attached hydrogen (secondary N) is 1. The minimum atomic E-state index is -4.44. The number of likely N-dealkylation sites (tertiary alicyclic amines) is 1. The summed E-state index contributed by atoms with van der Waals surface area (Å²) < 4.78 is 52.1. The fourth-order valence-corrected chi connectivity index (χ4v) is 8.30. The van der Waals surface area contributed by atoms with Gasteiger partial charge in [0.2, 0.25) is 5.89 Å². The molecule has 1 saturated heterocycles. The van der Waals surface area contributed by atoms with Crippen LogP contribution in [0.1, 0.15) is 47.9 Å². The Bertz CT molecular complexity index is 1840. The van der Waals surface area contributed by atoms with Crippen molar-refractivity contribution < 1.29 is 31.8 Å². The standard InChI is InChI=1S/C34H37ClN4O7S/c1-43-18-5-15-36-22-23-7-14-31(45-3)28(20-23)34(38-17-4-6-29(38)32-37-16-19-46-32)27-13-8-24(35)21-30(27)39(33(34)40)47(41,42)26-11-9-25(44-2)10-12-26/h7-14,16,19-21,29,36H,4-6,15,17-18,22H2,1-3H3. The third-order valence-electron chi connectivity index (χ3n) is 8.76. The summed E-state index contributed by atoms with van der Waals surface area (Å²) in [5, 5.41) is 3.71. The summed E-state index contributed by atoms with van der Waals surface area (Å²) >= 11 is 6.53. The van der Waals surface area contributed by atoms with Gasteiger partial charge in [0.1, 0.15) is 17.8 Å². The van der Waals surface area contributed by atoms with E-state index in [0.29, 0.717) is 54.6 Å². The maximum absolute atomic E-state index is 15.5. The number of hydrogen-bond donors (Lipinski definition) is 1. The van der Waals surface area contributed by atoms with E-state index < -0.39 is 27.5 Å². The number of carbonyl (C=O) groups excluding carboxylic acids is 1. The maximum Gasteiger partial charge on any atom is 0.271 e. The lowest BCUT2D eigenvalue weighted by molar-refractivity contribution is -0.127. The maximum atomic E-state index is 15.5. The topological polar surface area (TPSA) is 123 Å². The summed E-state index contributed by atoms with van der Waals surface area (Å²) in [5.74, 6) is 0.686. The van der Waals surface area contributed by atoms with Crippen LogP contribution >= 0.6 is 11.6 Å². The highest BCUT2D eigenvalue weighted by molar-refractivity contribution is 7.93. The van der Waals surface area contributed by atoms with Crippen LogP contribution in [-0.4, -0.2) is 65.2 Å². The molecule has 0 spiro atoms. The van der Waals surface area contributed by atoms with E-state index in [1.54, 1.807) is 44.7 Å². The molecule has 1 amide bonds. The molecule has 4 aromatic rings. The largest absolute Gasteiger partial charge is 0.497 e. The Labute approximate surface area is 279 Å². The minimum absolute atomic E-state index is 0.0694. The van der Waals surface area contributed by atoms with E-state index >= 15 is 4.79 Å². The van der Waals surface area contributed by atoms with E-state index in [9.17, 15) is 8.42 Å². The molecule has 1 N–H and O–H groups in total. The van der Waals surface area contributed by atoms with E-state index in [1.807, 2.05) is 23.1 Å². The zero-order valence-corrected chi connectivity index (χ0v) is 28.0. The van der Waals surface area contributed by atoms with Gasteiger partial charge in [-0.05, 0) is 79.9 Å². The molecule has 2 aliphatic heterocycles. The molecular weight excluding hydrogens is 644 g/mol. The third kappa shape index (κ3) is 5.78. The number of aromatic nitrogens is 1. The fourth-order valence-electron chi connectivity index (χ4n) is 6.68. The van der Waals surface area contributed by atoms with Gasteiger partial charge < -0.3 is 23.9 Å². The van der Waals surface area contributed by atoms with E-state index in [0.717, 1.165) is 29.3 Å². The minimum Gasteiger partial charge on any atom is -0.497 e. The lowest BCUT2D eigenvalue weighted by Crippen LogP contribution is -2.54. The zero-order valence-electron chi connectivity index (χ0n) is 26.4. The van der Waals surface area contributed by atoms with E-state index in [-0.39, 0.29) is 15.6 Å². The molecule has 3 aromatic carbocycles. The second kappa shape index (κ2) is 13.7. The first kappa shape index (κ1) is 33.0. The normalized spacial score (nSPS) is 19.7. The number of oxazole rings is 1. The number of halogens is 1. The molecule has 2 atom stereocenters. The van der Waals surface area contributed by atoms with Crippen LogP contribution in [0.5, 0.6) is 11.5 Å². The van der Waals surface area contributed by atoms with Crippen molar-refractivity contribution in [1.82, 2.24) is 15.2 Å². The molecule has 0 radical (unpaired) electrons.